The predicted molar refractivity (Wildman–Crippen MR) is 97.9 cm³/mol. The maximum Gasteiger partial charge on any atom is 0.191 e. The molecule has 0 radical (unpaired) electrons. The molecule has 0 bridgehead atoms. The number of benzene rings is 1. The van der Waals surface area contributed by atoms with Crippen molar-refractivity contribution in [1.29, 1.82) is 0 Å². The van der Waals surface area contributed by atoms with Crippen LogP contribution in [0, 0.1) is 6.92 Å². The van der Waals surface area contributed by atoms with Gasteiger partial charge >= 0.3 is 0 Å². The summed E-state index contributed by atoms with van der Waals surface area (Å²) in [5.74, 6) is 0.867. The topological polar surface area (TPSA) is 42.9 Å². The van der Waals surface area contributed by atoms with Gasteiger partial charge in [0.1, 0.15) is 0 Å². The molecular formula is C18H31N5. The van der Waals surface area contributed by atoms with Crippen LogP contribution in [0.15, 0.2) is 29.3 Å². The van der Waals surface area contributed by atoms with Crippen molar-refractivity contribution in [3.8, 4) is 0 Å². The first kappa shape index (κ1) is 17.8. The van der Waals surface area contributed by atoms with Gasteiger partial charge in [0.25, 0.3) is 0 Å². The molecule has 5 nitrogen and oxygen atoms in total. The van der Waals surface area contributed by atoms with Crippen molar-refractivity contribution in [1.82, 2.24) is 20.4 Å². The molecular weight excluding hydrogens is 286 g/mol. The lowest BCUT2D eigenvalue weighted by atomic mass is 10.1. The van der Waals surface area contributed by atoms with E-state index in [1.54, 1.807) is 0 Å². The molecule has 1 atom stereocenters. The number of hydrogen-bond donors (Lipinski definition) is 2. The summed E-state index contributed by atoms with van der Waals surface area (Å²) in [5, 5.41) is 6.83. The van der Waals surface area contributed by atoms with Gasteiger partial charge in [-0.2, -0.15) is 0 Å². The molecule has 1 saturated heterocycles. The maximum atomic E-state index is 4.32. The SMILES string of the molecule is CN=C(NCc1ccc(C)cc1)NCC(C)N1CCN(C)CC1. The fourth-order valence-electron chi connectivity index (χ4n) is 2.75. The fraction of sp³-hybridized carbons (Fsp3) is 0.611. The zero-order chi connectivity index (χ0) is 16.7. The van der Waals surface area contributed by atoms with Crippen LogP contribution in [-0.4, -0.2) is 68.6 Å². The molecule has 1 aromatic carbocycles. The second-order valence-corrected chi connectivity index (χ2v) is 6.48. The Balaban J connectivity index is 1.73. The van der Waals surface area contributed by atoms with E-state index in [4.69, 9.17) is 0 Å². The van der Waals surface area contributed by atoms with E-state index in [1.807, 2.05) is 7.05 Å². The Morgan fingerprint density at radius 2 is 1.78 bits per heavy atom. The molecule has 1 aromatic rings. The second-order valence-electron chi connectivity index (χ2n) is 6.48. The highest BCUT2D eigenvalue weighted by atomic mass is 15.3. The molecule has 0 amide bonds. The molecule has 128 valence electrons. The average Bonchev–Trinajstić information content (AvgIpc) is 2.57. The number of rotatable bonds is 5. The smallest absolute Gasteiger partial charge is 0.191 e. The summed E-state index contributed by atoms with van der Waals surface area (Å²) in [6.07, 6.45) is 0. The fourth-order valence-corrected chi connectivity index (χ4v) is 2.75. The maximum absolute atomic E-state index is 4.32. The predicted octanol–water partition coefficient (Wildman–Crippen LogP) is 1.30. The van der Waals surface area contributed by atoms with Gasteiger partial charge in [0, 0.05) is 52.4 Å². The molecule has 5 heteroatoms. The van der Waals surface area contributed by atoms with Crippen molar-refractivity contribution in [3.05, 3.63) is 35.4 Å². The van der Waals surface area contributed by atoms with Gasteiger partial charge in [-0.1, -0.05) is 29.8 Å². The molecule has 1 aliphatic rings. The minimum atomic E-state index is 0.515. The zero-order valence-corrected chi connectivity index (χ0v) is 15.0. The minimum absolute atomic E-state index is 0.515. The van der Waals surface area contributed by atoms with Crippen LogP contribution in [0.2, 0.25) is 0 Å². The minimum Gasteiger partial charge on any atom is -0.355 e. The van der Waals surface area contributed by atoms with Crippen LogP contribution < -0.4 is 10.6 Å². The average molecular weight is 317 g/mol. The summed E-state index contributed by atoms with van der Waals surface area (Å²) in [6.45, 7) is 10.7. The van der Waals surface area contributed by atoms with E-state index in [2.05, 4.69) is 70.6 Å². The highest BCUT2D eigenvalue weighted by molar-refractivity contribution is 5.79. The molecule has 23 heavy (non-hydrogen) atoms. The first-order valence-corrected chi connectivity index (χ1v) is 8.51. The molecule has 0 spiro atoms. The number of hydrogen-bond acceptors (Lipinski definition) is 3. The highest BCUT2D eigenvalue weighted by Gasteiger charge is 2.18. The number of aliphatic imine (C=N–C) groups is 1. The number of likely N-dealkylation sites (N-methyl/N-ethyl adjacent to an activating group) is 1. The van der Waals surface area contributed by atoms with E-state index in [0.717, 1.165) is 45.2 Å². The van der Waals surface area contributed by atoms with Gasteiger partial charge in [0.05, 0.1) is 0 Å². The number of nitrogens with one attached hydrogen (secondary N) is 2. The molecule has 0 aliphatic carbocycles. The molecule has 0 saturated carbocycles. The van der Waals surface area contributed by atoms with Crippen molar-refractivity contribution < 1.29 is 0 Å². The summed E-state index contributed by atoms with van der Waals surface area (Å²) in [7, 11) is 4.02. The van der Waals surface area contributed by atoms with Crippen LogP contribution in [0.4, 0.5) is 0 Å². The standard InChI is InChI=1S/C18H31N5/c1-15-5-7-17(8-6-15)14-21-18(19-3)20-13-16(2)23-11-9-22(4)10-12-23/h5-8,16H,9-14H2,1-4H3,(H2,19,20,21). The van der Waals surface area contributed by atoms with Crippen LogP contribution in [0.3, 0.4) is 0 Å². The van der Waals surface area contributed by atoms with Crippen LogP contribution in [0.1, 0.15) is 18.1 Å². The Morgan fingerprint density at radius 1 is 1.13 bits per heavy atom. The number of aryl methyl sites for hydroxylation is 1. The van der Waals surface area contributed by atoms with Crippen molar-refractivity contribution in [3.63, 3.8) is 0 Å². The van der Waals surface area contributed by atoms with Crippen LogP contribution in [-0.2, 0) is 6.54 Å². The Labute approximate surface area is 140 Å². The van der Waals surface area contributed by atoms with Gasteiger partial charge in [-0.25, -0.2) is 0 Å². The van der Waals surface area contributed by atoms with Crippen molar-refractivity contribution in [2.75, 3.05) is 46.8 Å². The summed E-state index contributed by atoms with van der Waals surface area (Å²) < 4.78 is 0. The Hall–Kier alpha value is -1.59. The van der Waals surface area contributed by atoms with E-state index in [-0.39, 0.29) is 0 Å². The van der Waals surface area contributed by atoms with Crippen molar-refractivity contribution in [2.45, 2.75) is 26.4 Å². The molecule has 1 aliphatic heterocycles. The van der Waals surface area contributed by atoms with Gasteiger partial charge in [0.2, 0.25) is 0 Å². The van der Waals surface area contributed by atoms with Gasteiger partial charge < -0.3 is 15.5 Å². The molecule has 1 unspecified atom stereocenters. The third-order valence-corrected chi connectivity index (χ3v) is 4.53. The quantitative estimate of drug-likeness (QED) is 0.634. The first-order valence-electron chi connectivity index (χ1n) is 8.51. The van der Waals surface area contributed by atoms with Crippen molar-refractivity contribution in [2.24, 2.45) is 4.99 Å². The lowest BCUT2D eigenvalue weighted by Crippen LogP contribution is -2.52. The van der Waals surface area contributed by atoms with Crippen LogP contribution in [0.5, 0.6) is 0 Å². The van der Waals surface area contributed by atoms with Crippen molar-refractivity contribution >= 4 is 5.96 Å². The molecule has 1 heterocycles. The van der Waals surface area contributed by atoms with Gasteiger partial charge in [-0.15, -0.1) is 0 Å². The molecule has 1 fully saturated rings. The van der Waals surface area contributed by atoms with E-state index in [9.17, 15) is 0 Å². The van der Waals surface area contributed by atoms with E-state index < -0.39 is 0 Å². The third kappa shape index (κ3) is 5.84. The number of nitrogens with zero attached hydrogens (tertiary/aromatic N) is 3. The van der Waals surface area contributed by atoms with E-state index >= 15 is 0 Å². The Kier molecular flexibility index (Phi) is 6.86. The lowest BCUT2D eigenvalue weighted by Gasteiger charge is -2.36. The summed E-state index contributed by atoms with van der Waals surface area (Å²) >= 11 is 0. The monoisotopic (exact) mass is 317 g/mol. The Morgan fingerprint density at radius 3 is 2.39 bits per heavy atom. The second kappa shape index (κ2) is 8.89. The molecule has 0 aromatic heterocycles. The zero-order valence-electron chi connectivity index (χ0n) is 15.0. The van der Waals surface area contributed by atoms with Crippen LogP contribution in [0.25, 0.3) is 0 Å². The largest absolute Gasteiger partial charge is 0.355 e. The lowest BCUT2D eigenvalue weighted by molar-refractivity contribution is 0.120. The first-order chi connectivity index (χ1) is 11.1. The third-order valence-electron chi connectivity index (χ3n) is 4.53. The summed E-state index contributed by atoms with van der Waals surface area (Å²) in [4.78, 5) is 9.25. The molecule has 2 N–H and O–H groups in total. The number of guanidine groups is 1. The normalized spacial score (nSPS) is 18.7. The summed E-state index contributed by atoms with van der Waals surface area (Å²) in [5.41, 5.74) is 2.56. The summed E-state index contributed by atoms with van der Waals surface area (Å²) in [6, 6.07) is 9.11. The van der Waals surface area contributed by atoms with E-state index in [0.29, 0.717) is 6.04 Å². The number of piperazine rings is 1. The van der Waals surface area contributed by atoms with Gasteiger partial charge in [0.15, 0.2) is 5.96 Å². The highest BCUT2D eigenvalue weighted by Crippen LogP contribution is 2.04. The van der Waals surface area contributed by atoms with Gasteiger partial charge in [-0.05, 0) is 26.5 Å². The van der Waals surface area contributed by atoms with Crippen LogP contribution >= 0.6 is 0 Å². The molecule has 2 rings (SSSR count). The van der Waals surface area contributed by atoms with E-state index in [1.165, 1.54) is 11.1 Å². The Bertz CT molecular complexity index is 489. The van der Waals surface area contributed by atoms with Gasteiger partial charge in [-0.3, -0.25) is 9.89 Å².